The van der Waals surface area contributed by atoms with Crippen LogP contribution in [0.3, 0.4) is 0 Å². The summed E-state index contributed by atoms with van der Waals surface area (Å²) in [5.74, 6) is 0.373. The minimum atomic E-state index is -0.423. The fourth-order valence-electron chi connectivity index (χ4n) is 1.64. The maximum atomic E-state index is 11.2. The lowest BCUT2D eigenvalue weighted by molar-refractivity contribution is -0.116. The number of rotatable bonds is 10. The number of aromatic nitrogens is 3. The Kier molecular flexibility index (Phi) is 7.20. The number of nitrogens with two attached hydrogens (primary N) is 1. The van der Waals surface area contributed by atoms with Crippen molar-refractivity contribution in [3.05, 3.63) is 0 Å². The van der Waals surface area contributed by atoms with Crippen LogP contribution in [-0.2, 0) is 4.79 Å². The van der Waals surface area contributed by atoms with E-state index < -0.39 is 5.91 Å². The molecule has 0 aliphatic heterocycles. The summed E-state index contributed by atoms with van der Waals surface area (Å²) in [6.07, 6.45) is 2.77. The van der Waals surface area contributed by atoms with Gasteiger partial charge in [-0.1, -0.05) is 20.3 Å². The molecule has 0 aliphatic carbocycles. The minimum Gasteiger partial charge on any atom is -0.463 e. The average molecular weight is 296 g/mol. The molecule has 8 heteroatoms. The first-order valence-corrected chi connectivity index (χ1v) is 7.20. The Morgan fingerprint density at radius 2 is 2.05 bits per heavy atom. The Balaban J connectivity index is 3.00. The molecular weight excluding hydrogens is 272 g/mol. The first-order chi connectivity index (χ1) is 10.1. The summed E-state index contributed by atoms with van der Waals surface area (Å²) in [6, 6.07) is 0.247. The zero-order valence-corrected chi connectivity index (χ0v) is 12.9. The van der Waals surface area contributed by atoms with Crippen LogP contribution in [0.5, 0.6) is 6.01 Å². The van der Waals surface area contributed by atoms with Crippen LogP contribution in [0.1, 0.15) is 33.1 Å². The smallest absolute Gasteiger partial charge is 0.323 e. The summed E-state index contributed by atoms with van der Waals surface area (Å²) >= 11 is 0. The third-order valence-corrected chi connectivity index (χ3v) is 2.67. The van der Waals surface area contributed by atoms with E-state index in [0.29, 0.717) is 25.0 Å². The maximum absolute atomic E-state index is 11.2. The van der Waals surface area contributed by atoms with Gasteiger partial charge in [0.2, 0.25) is 17.8 Å². The van der Waals surface area contributed by atoms with Crippen LogP contribution < -0.4 is 20.7 Å². The van der Waals surface area contributed by atoms with E-state index in [1.54, 1.807) is 11.9 Å². The molecule has 118 valence electrons. The molecular formula is C13H24N6O2. The fourth-order valence-corrected chi connectivity index (χ4v) is 1.64. The molecule has 3 N–H and O–H groups in total. The number of ether oxygens (including phenoxy) is 1. The summed E-state index contributed by atoms with van der Waals surface area (Å²) in [6.45, 7) is 5.32. The summed E-state index contributed by atoms with van der Waals surface area (Å²) in [4.78, 5) is 25.6. The Labute approximate surface area is 125 Å². The molecule has 0 saturated heterocycles. The number of unbranched alkanes of at least 4 members (excludes halogenated alkanes) is 1. The van der Waals surface area contributed by atoms with Gasteiger partial charge >= 0.3 is 6.01 Å². The Hall–Kier alpha value is -2.12. The van der Waals surface area contributed by atoms with E-state index in [2.05, 4.69) is 27.2 Å². The number of carbonyl (C=O) groups is 1. The van der Waals surface area contributed by atoms with E-state index in [9.17, 15) is 4.79 Å². The van der Waals surface area contributed by atoms with Crippen LogP contribution in [-0.4, -0.2) is 47.6 Å². The lowest BCUT2D eigenvalue weighted by Crippen LogP contribution is -2.36. The highest BCUT2D eigenvalue weighted by Crippen LogP contribution is 2.15. The topological polar surface area (TPSA) is 106 Å². The molecule has 0 atom stereocenters. The first-order valence-electron chi connectivity index (χ1n) is 7.20. The van der Waals surface area contributed by atoms with Gasteiger partial charge in [0.25, 0.3) is 0 Å². The Bertz CT molecular complexity index is 454. The third kappa shape index (κ3) is 5.80. The number of anilines is 2. The molecule has 0 radical (unpaired) electrons. The van der Waals surface area contributed by atoms with Crippen molar-refractivity contribution in [2.75, 3.05) is 37.0 Å². The lowest BCUT2D eigenvalue weighted by atomic mass is 10.3. The molecule has 1 aromatic heterocycles. The van der Waals surface area contributed by atoms with Crippen molar-refractivity contribution in [2.45, 2.75) is 33.1 Å². The van der Waals surface area contributed by atoms with Gasteiger partial charge in [-0.3, -0.25) is 4.79 Å². The molecule has 8 nitrogen and oxygen atoms in total. The number of carbonyl (C=O) groups excluding carboxylic acids is 1. The highest BCUT2D eigenvalue weighted by molar-refractivity contribution is 5.78. The summed E-state index contributed by atoms with van der Waals surface area (Å²) in [5, 5.41) is 2.86. The highest BCUT2D eigenvalue weighted by Gasteiger charge is 2.15. The number of primary amides is 1. The standard InChI is InChI=1S/C13H24N6O2/c1-4-6-7-19(9-10(14)20)12-16-11(15-3)17-13(18-12)21-8-5-2/h4-9H2,1-3H3,(H2,14,20)(H,15,16,17,18). The number of hydrogen-bond acceptors (Lipinski definition) is 7. The van der Waals surface area contributed by atoms with Gasteiger partial charge in [-0.15, -0.1) is 0 Å². The van der Waals surface area contributed by atoms with Gasteiger partial charge in [0.15, 0.2) is 0 Å². The second-order valence-corrected chi connectivity index (χ2v) is 4.58. The minimum absolute atomic E-state index is 0.0698. The molecule has 0 aliphatic rings. The largest absolute Gasteiger partial charge is 0.463 e. The van der Waals surface area contributed by atoms with Gasteiger partial charge in [-0.05, 0) is 12.8 Å². The van der Waals surface area contributed by atoms with Crippen molar-refractivity contribution in [1.82, 2.24) is 15.0 Å². The predicted molar refractivity (Wildman–Crippen MR) is 81.5 cm³/mol. The predicted octanol–water partition coefficient (Wildman–Crippen LogP) is 0.794. The molecule has 0 fully saturated rings. The molecule has 0 spiro atoms. The number of hydrogen-bond donors (Lipinski definition) is 2. The fraction of sp³-hybridized carbons (Fsp3) is 0.692. The molecule has 1 amide bonds. The molecule has 0 unspecified atom stereocenters. The van der Waals surface area contributed by atoms with Gasteiger partial charge in [0.05, 0.1) is 13.2 Å². The first kappa shape index (κ1) is 16.9. The monoisotopic (exact) mass is 296 g/mol. The second-order valence-electron chi connectivity index (χ2n) is 4.58. The highest BCUT2D eigenvalue weighted by atomic mass is 16.5. The van der Waals surface area contributed by atoms with Crippen LogP contribution in [0, 0.1) is 0 Å². The Morgan fingerprint density at radius 3 is 2.62 bits per heavy atom. The zero-order valence-electron chi connectivity index (χ0n) is 12.9. The van der Waals surface area contributed by atoms with Crippen molar-refractivity contribution < 1.29 is 9.53 Å². The number of nitrogens with one attached hydrogen (secondary N) is 1. The quantitative estimate of drug-likeness (QED) is 0.657. The number of amides is 1. The second kappa shape index (κ2) is 8.93. The molecule has 21 heavy (non-hydrogen) atoms. The zero-order chi connectivity index (χ0) is 15.7. The van der Waals surface area contributed by atoms with Crippen molar-refractivity contribution in [2.24, 2.45) is 5.73 Å². The van der Waals surface area contributed by atoms with Crippen LogP contribution in [0.2, 0.25) is 0 Å². The summed E-state index contributed by atoms with van der Waals surface area (Å²) < 4.78 is 5.45. The molecule has 0 bridgehead atoms. The van der Waals surface area contributed by atoms with Gasteiger partial charge in [0, 0.05) is 13.6 Å². The van der Waals surface area contributed by atoms with Crippen LogP contribution >= 0.6 is 0 Å². The van der Waals surface area contributed by atoms with E-state index in [1.807, 2.05) is 6.92 Å². The normalized spacial score (nSPS) is 10.2. The van der Waals surface area contributed by atoms with Gasteiger partial charge in [-0.25, -0.2) is 0 Å². The third-order valence-electron chi connectivity index (χ3n) is 2.67. The van der Waals surface area contributed by atoms with Crippen LogP contribution in [0.25, 0.3) is 0 Å². The lowest BCUT2D eigenvalue weighted by Gasteiger charge is -2.21. The van der Waals surface area contributed by atoms with E-state index in [-0.39, 0.29) is 12.6 Å². The van der Waals surface area contributed by atoms with Crippen molar-refractivity contribution in [3.63, 3.8) is 0 Å². The summed E-state index contributed by atoms with van der Waals surface area (Å²) in [5.41, 5.74) is 5.29. The molecule has 0 saturated carbocycles. The van der Waals surface area contributed by atoms with Crippen LogP contribution in [0.4, 0.5) is 11.9 Å². The maximum Gasteiger partial charge on any atom is 0.323 e. The van der Waals surface area contributed by atoms with Gasteiger partial charge < -0.3 is 20.7 Å². The van der Waals surface area contributed by atoms with E-state index in [4.69, 9.17) is 10.5 Å². The molecule has 1 rings (SSSR count). The van der Waals surface area contributed by atoms with E-state index >= 15 is 0 Å². The van der Waals surface area contributed by atoms with Crippen molar-refractivity contribution in [3.8, 4) is 6.01 Å². The van der Waals surface area contributed by atoms with E-state index in [1.165, 1.54) is 0 Å². The molecule has 0 aromatic carbocycles. The average Bonchev–Trinajstić information content (AvgIpc) is 2.48. The van der Waals surface area contributed by atoms with E-state index in [0.717, 1.165) is 19.3 Å². The molecule has 1 aromatic rings. The Morgan fingerprint density at radius 1 is 1.29 bits per heavy atom. The van der Waals surface area contributed by atoms with Crippen molar-refractivity contribution >= 4 is 17.8 Å². The van der Waals surface area contributed by atoms with Crippen molar-refractivity contribution in [1.29, 1.82) is 0 Å². The SMILES string of the molecule is CCCCN(CC(N)=O)c1nc(NC)nc(OCCC)n1. The van der Waals surface area contributed by atoms with Gasteiger partial charge in [0.1, 0.15) is 0 Å². The summed E-state index contributed by atoms with van der Waals surface area (Å²) in [7, 11) is 1.72. The number of nitrogens with zero attached hydrogens (tertiary/aromatic N) is 4. The van der Waals surface area contributed by atoms with Gasteiger partial charge in [-0.2, -0.15) is 15.0 Å². The van der Waals surface area contributed by atoms with Crippen LogP contribution in [0.15, 0.2) is 0 Å². The molecule has 1 heterocycles.